The minimum absolute atomic E-state index is 0.101. The summed E-state index contributed by atoms with van der Waals surface area (Å²) in [5.41, 5.74) is 5.20. The van der Waals surface area contributed by atoms with Crippen molar-refractivity contribution < 1.29 is 17.9 Å². The molecule has 4 nitrogen and oxygen atoms in total. The molecule has 0 fully saturated rings. The quantitative estimate of drug-likeness (QED) is 0.805. The first-order valence-corrected chi connectivity index (χ1v) is 4.20. The lowest BCUT2D eigenvalue weighted by Gasteiger charge is -2.17. The van der Waals surface area contributed by atoms with Gasteiger partial charge in [0.15, 0.2) is 6.10 Å². The summed E-state index contributed by atoms with van der Waals surface area (Å²) in [5, 5.41) is -0.228. The number of aromatic nitrogens is 2. The third-order valence-corrected chi connectivity index (χ3v) is 1.68. The van der Waals surface area contributed by atoms with Crippen LogP contribution in [0.5, 0.6) is 5.88 Å². The Hall–Kier alpha value is -1.24. The van der Waals surface area contributed by atoms with Gasteiger partial charge in [0.1, 0.15) is 5.69 Å². The van der Waals surface area contributed by atoms with Crippen LogP contribution in [0.2, 0.25) is 5.28 Å². The second-order valence-electron chi connectivity index (χ2n) is 2.70. The van der Waals surface area contributed by atoms with Crippen LogP contribution in [0.15, 0.2) is 6.20 Å². The lowest BCUT2D eigenvalue weighted by molar-refractivity contribution is -0.189. The van der Waals surface area contributed by atoms with Gasteiger partial charge in [-0.1, -0.05) is 0 Å². The Morgan fingerprint density at radius 3 is 2.67 bits per heavy atom. The molecule has 0 aliphatic carbocycles. The molecule has 0 aromatic carbocycles. The number of ether oxygens (including phenoxy) is 1. The molecule has 2 N–H and O–H groups in total. The molecule has 0 amide bonds. The molecule has 1 atom stereocenters. The zero-order chi connectivity index (χ0) is 11.6. The van der Waals surface area contributed by atoms with Crippen molar-refractivity contribution in [3.63, 3.8) is 0 Å². The van der Waals surface area contributed by atoms with Gasteiger partial charge in [0.05, 0.1) is 6.20 Å². The summed E-state index contributed by atoms with van der Waals surface area (Å²) in [4.78, 5) is 6.91. The first kappa shape index (κ1) is 11.8. The Morgan fingerprint density at radius 2 is 2.13 bits per heavy atom. The first-order valence-electron chi connectivity index (χ1n) is 3.82. The van der Waals surface area contributed by atoms with Gasteiger partial charge in [-0.25, -0.2) is 4.98 Å². The van der Waals surface area contributed by atoms with Gasteiger partial charge >= 0.3 is 6.18 Å². The molecule has 84 valence electrons. The van der Waals surface area contributed by atoms with Crippen molar-refractivity contribution in [2.24, 2.45) is 0 Å². The van der Waals surface area contributed by atoms with Crippen LogP contribution in [0, 0.1) is 0 Å². The van der Waals surface area contributed by atoms with E-state index in [-0.39, 0.29) is 16.9 Å². The summed E-state index contributed by atoms with van der Waals surface area (Å²) >= 11 is 5.38. The second-order valence-corrected chi connectivity index (χ2v) is 3.04. The van der Waals surface area contributed by atoms with Gasteiger partial charge in [-0.15, -0.1) is 0 Å². The predicted octanol–water partition coefficient (Wildman–Crippen LogP) is 2.04. The summed E-state index contributed by atoms with van der Waals surface area (Å²) in [5.74, 6) is -0.375. The number of hydrogen-bond acceptors (Lipinski definition) is 4. The molecule has 1 unspecified atom stereocenters. The molecular weight excluding hydrogens is 235 g/mol. The summed E-state index contributed by atoms with van der Waals surface area (Å²) in [6.07, 6.45) is -5.41. The molecule has 0 saturated carbocycles. The fourth-order valence-electron chi connectivity index (χ4n) is 0.684. The van der Waals surface area contributed by atoms with Crippen LogP contribution in [-0.2, 0) is 0 Å². The van der Waals surface area contributed by atoms with Crippen LogP contribution in [0.4, 0.5) is 18.9 Å². The molecule has 0 saturated heterocycles. The largest absolute Gasteiger partial charge is 0.463 e. The Bertz CT molecular complexity index is 358. The van der Waals surface area contributed by atoms with E-state index >= 15 is 0 Å². The van der Waals surface area contributed by atoms with Crippen molar-refractivity contribution in [3.05, 3.63) is 11.5 Å². The maximum absolute atomic E-state index is 12.1. The van der Waals surface area contributed by atoms with Crippen molar-refractivity contribution in [2.45, 2.75) is 19.2 Å². The van der Waals surface area contributed by atoms with Crippen LogP contribution in [0.3, 0.4) is 0 Å². The fourth-order valence-corrected chi connectivity index (χ4v) is 0.809. The number of nitrogens with two attached hydrogens (primary N) is 1. The van der Waals surface area contributed by atoms with E-state index in [0.29, 0.717) is 0 Å². The predicted molar refractivity (Wildman–Crippen MR) is 47.6 cm³/mol. The zero-order valence-electron chi connectivity index (χ0n) is 7.55. The first-order chi connectivity index (χ1) is 6.80. The molecule has 1 heterocycles. The number of nitrogen functional groups attached to an aromatic ring is 1. The normalized spacial score (nSPS) is 13.7. The van der Waals surface area contributed by atoms with Gasteiger partial charge in [0, 0.05) is 0 Å². The molecule has 1 aromatic heterocycles. The maximum Gasteiger partial charge on any atom is 0.425 e. The summed E-state index contributed by atoms with van der Waals surface area (Å²) in [6, 6.07) is 0. The number of alkyl halides is 3. The van der Waals surface area contributed by atoms with E-state index in [2.05, 4.69) is 14.7 Å². The smallest absolute Gasteiger partial charge is 0.425 e. The highest BCUT2D eigenvalue weighted by molar-refractivity contribution is 6.28. The number of halogens is 4. The molecule has 1 aromatic rings. The van der Waals surface area contributed by atoms with E-state index in [9.17, 15) is 13.2 Å². The number of hydrogen-bond donors (Lipinski definition) is 1. The van der Waals surface area contributed by atoms with E-state index in [1.807, 2.05) is 0 Å². The minimum Gasteiger partial charge on any atom is -0.463 e. The Labute approximate surface area is 88.2 Å². The highest BCUT2D eigenvalue weighted by Gasteiger charge is 2.38. The van der Waals surface area contributed by atoms with Crippen LogP contribution in [0.25, 0.3) is 0 Å². The van der Waals surface area contributed by atoms with E-state index in [1.165, 1.54) is 0 Å². The molecule has 8 heteroatoms. The van der Waals surface area contributed by atoms with E-state index in [1.54, 1.807) is 0 Å². The van der Waals surface area contributed by atoms with E-state index in [4.69, 9.17) is 17.3 Å². The van der Waals surface area contributed by atoms with Crippen molar-refractivity contribution in [1.29, 1.82) is 0 Å². The average Bonchev–Trinajstić information content (AvgIpc) is 2.09. The monoisotopic (exact) mass is 241 g/mol. The summed E-state index contributed by atoms with van der Waals surface area (Å²) in [6.45, 7) is 0.843. The van der Waals surface area contributed by atoms with Crippen molar-refractivity contribution in [1.82, 2.24) is 9.97 Å². The number of nitrogens with zero attached hydrogens (tertiary/aromatic N) is 2. The van der Waals surface area contributed by atoms with Crippen LogP contribution < -0.4 is 10.5 Å². The molecule has 0 spiro atoms. The average molecular weight is 242 g/mol. The Balaban J connectivity index is 2.85. The van der Waals surface area contributed by atoms with Gasteiger partial charge in [0.25, 0.3) is 0 Å². The second kappa shape index (κ2) is 4.09. The highest BCUT2D eigenvalue weighted by atomic mass is 35.5. The molecule has 0 bridgehead atoms. The fraction of sp³-hybridized carbons (Fsp3) is 0.429. The molecule has 1 rings (SSSR count). The summed E-state index contributed by atoms with van der Waals surface area (Å²) in [7, 11) is 0. The maximum atomic E-state index is 12.1. The number of anilines is 1. The minimum atomic E-state index is -4.48. The molecule has 15 heavy (non-hydrogen) atoms. The summed E-state index contributed by atoms with van der Waals surface area (Å²) < 4.78 is 40.9. The van der Waals surface area contributed by atoms with Crippen LogP contribution in [0.1, 0.15) is 6.92 Å². The van der Waals surface area contributed by atoms with Gasteiger partial charge in [-0.3, -0.25) is 0 Å². The topological polar surface area (TPSA) is 61.0 Å². The lowest BCUT2D eigenvalue weighted by Crippen LogP contribution is -2.31. The third-order valence-electron chi connectivity index (χ3n) is 1.50. The van der Waals surface area contributed by atoms with Crippen molar-refractivity contribution in [2.75, 3.05) is 5.73 Å². The Morgan fingerprint density at radius 1 is 1.53 bits per heavy atom. The molecule has 0 radical (unpaired) electrons. The van der Waals surface area contributed by atoms with Crippen LogP contribution >= 0.6 is 11.6 Å². The van der Waals surface area contributed by atoms with Crippen molar-refractivity contribution in [3.8, 4) is 5.88 Å². The van der Waals surface area contributed by atoms with Gasteiger partial charge in [-0.2, -0.15) is 18.2 Å². The standard InChI is InChI=1S/C7H7ClF3N3O/c1-3(7(9,10)11)15-5-4(12)2-13-6(8)14-5/h2-3H,12H2,1H3. The zero-order valence-corrected chi connectivity index (χ0v) is 8.30. The van der Waals surface area contributed by atoms with Gasteiger partial charge in [0.2, 0.25) is 11.2 Å². The lowest BCUT2D eigenvalue weighted by atomic mass is 10.4. The van der Waals surface area contributed by atoms with Gasteiger partial charge in [-0.05, 0) is 18.5 Å². The SMILES string of the molecule is CC(Oc1nc(Cl)ncc1N)C(F)(F)F. The van der Waals surface area contributed by atoms with E-state index in [0.717, 1.165) is 13.1 Å². The highest BCUT2D eigenvalue weighted by Crippen LogP contribution is 2.27. The van der Waals surface area contributed by atoms with Gasteiger partial charge < -0.3 is 10.5 Å². The van der Waals surface area contributed by atoms with E-state index < -0.39 is 12.3 Å². The Kier molecular flexibility index (Phi) is 3.23. The van der Waals surface area contributed by atoms with Crippen molar-refractivity contribution >= 4 is 17.3 Å². The number of rotatable bonds is 2. The molecule has 0 aliphatic rings. The molecular formula is C7H7ClF3N3O. The van der Waals surface area contributed by atoms with Crippen LogP contribution in [-0.4, -0.2) is 22.2 Å². The molecule has 0 aliphatic heterocycles. The third kappa shape index (κ3) is 3.12.